The number of fused-ring (bicyclic) bond motifs is 1. The molecule has 5 heteroatoms. The maximum absolute atomic E-state index is 9.94. The summed E-state index contributed by atoms with van der Waals surface area (Å²) >= 11 is 0. The maximum Gasteiger partial charge on any atom is 0.161 e. The number of aliphatic hydroxyl groups excluding tert-OH is 1. The number of nitrogens with zero attached hydrogens (tertiary/aromatic N) is 1. The van der Waals surface area contributed by atoms with Gasteiger partial charge in [0.1, 0.15) is 0 Å². The van der Waals surface area contributed by atoms with Gasteiger partial charge in [0, 0.05) is 37.6 Å². The van der Waals surface area contributed by atoms with Crippen molar-refractivity contribution in [3.63, 3.8) is 0 Å². The van der Waals surface area contributed by atoms with Gasteiger partial charge in [-0.15, -0.1) is 0 Å². The first-order valence-electron chi connectivity index (χ1n) is 9.27. The molecule has 5 nitrogen and oxygen atoms in total. The van der Waals surface area contributed by atoms with Crippen molar-refractivity contribution in [3.05, 3.63) is 23.8 Å². The number of likely N-dealkylation sites (tertiary alicyclic amines) is 1. The molecule has 2 heterocycles. The van der Waals surface area contributed by atoms with Crippen molar-refractivity contribution >= 4 is 0 Å². The highest BCUT2D eigenvalue weighted by Crippen LogP contribution is 2.42. The molecule has 0 spiro atoms. The number of hydrogen-bond donors (Lipinski definition) is 1. The minimum absolute atomic E-state index is 0.0165. The Morgan fingerprint density at radius 2 is 2.20 bits per heavy atom. The van der Waals surface area contributed by atoms with Gasteiger partial charge in [0.15, 0.2) is 11.5 Å². The summed E-state index contributed by atoms with van der Waals surface area (Å²) in [4.78, 5) is 2.43. The monoisotopic (exact) mass is 349 g/mol. The maximum atomic E-state index is 9.94. The molecule has 2 aliphatic heterocycles. The Morgan fingerprint density at radius 3 is 2.88 bits per heavy atom. The fraction of sp³-hybridized carbons (Fsp3) is 0.700. The number of rotatable bonds is 7. The second-order valence-corrected chi connectivity index (χ2v) is 7.90. The zero-order valence-corrected chi connectivity index (χ0v) is 15.7. The van der Waals surface area contributed by atoms with Crippen molar-refractivity contribution in [2.75, 3.05) is 46.6 Å². The summed E-state index contributed by atoms with van der Waals surface area (Å²) in [7, 11) is 1.68. The molecule has 140 valence electrons. The van der Waals surface area contributed by atoms with E-state index in [0.717, 1.165) is 50.8 Å². The van der Waals surface area contributed by atoms with E-state index in [4.69, 9.17) is 14.2 Å². The molecule has 1 aromatic rings. The fourth-order valence-electron chi connectivity index (χ4n) is 3.98. The standard InChI is InChI=1S/C20H31NO4/c1-15(2)11-25-18-5-4-16(8-19(18)23-3)9-21-10-17-12-24-7-6-20(17,13-21)14-22/h4-5,8,15,17,22H,6-7,9-14H2,1-3H3/t17-,20-/m1/s1. The van der Waals surface area contributed by atoms with Gasteiger partial charge in [0.25, 0.3) is 0 Å². The van der Waals surface area contributed by atoms with Crippen molar-refractivity contribution in [2.45, 2.75) is 26.8 Å². The molecular formula is C20H31NO4. The van der Waals surface area contributed by atoms with Crippen LogP contribution in [0.4, 0.5) is 0 Å². The van der Waals surface area contributed by atoms with Crippen molar-refractivity contribution in [3.8, 4) is 11.5 Å². The Bertz CT molecular complexity index is 577. The molecule has 0 bridgehead atoms. The first-order valence-corrected chi connectivity index (χ1v) is 9.27. The van der Waals surface area contributed by atoms with Crippen LogP contribution in [-0.2, 0) is 11.3 Å². The number of methoxy groups -OCH3 is 1. The molecule has 2 saturated heterocycles. The van der Waals surface area contributed by atoms with E-state index < -0.39 is 0 Å². The third-order valence-corrected chi connectivity index (χ3v) is 5.47. The Kier molecular flexibility index (Phi) is 5.87. The largest absolute Gasteiger partial charge is 0.493 e. The lowest BCUT2D eigenvalue weighted by Gasteiger charge is -2.36. The van der Waals surface area contributed by atoms with Crippen molar-refractivity contribution < 1.29 is 19.3 Å². The molecular weight excluding hydrogens is 318 g/mol. The Balaban J connectivity index is 1.67. The van der Waals surface area contributed by atoms with Crippen LogP contribution in [0.2, 0.25) is 0 Å². The number of aliphatic hydroxyl groups is 1. The second kappa shape index (κ2) is 7.94. The van der Waals surface area contributed by atoms with Gasteiger partial charge in [-0.2, -0.15) is 0 Å². The Morgan fingerprint density at radius 1 is 1.36 bits per heavy atom. The van der Waals surface area contributed by atoms with Gasteiger partial charge in [0.2, 0.25) is 0 Å². The third-order valence-electron chi connectivity index (χ3n) is 5.47. The van der Waals surface area contributed by atoms with E-state index in [9.17, 15) is 5.11 Å². The quantitative estimate of drug-likeness (QED) is 0.820. The molecule has 0 aromatic heterocycles. The van der Waals surface area contributed by atoms with Crippen LogP contribution in [0.1, 0.15) is 25.8 Å². The Hall–Kier alpha value is -1.30. The predicted molar refractivity (Wildman–Crippen MR) is 97.0 cm³/mol. The van der Waals surface area contributed by atoms with Crippen LogP contribution >= 0.6 is 0 Å². The van der Waals surface area contributed by atoms with Crippen molar-refractivity contribution in [2.24, 2.45) is 17.3 Å². The highest BCUT2D eigenvalue weighted by atomic mass is 16.5. The SMILES string of the molecule is COc1cc(CN2C[C@@H]3COCC[C@]3(CO)C2)ccc1OCC(C)C. The van der Waals surface area contributed by atoms with E-state index >= 15 is 0 Å². The van der Waals surface area contributed by atoms with Gasteiger partial charge >= 0.3 is 0 Å². The minimum Gasteiger partial charge on any atom is -0.493 e. The summed E-state index contributed by atoms with van der Waals surface area (Å²) < 4.78 is 17.0. The first kappa shape index (κ1) is 18.5. The number of hydrogen-bond acceptors (Lipinski definition) is 5. The molecule has 1 aromatic carbocycles. The summed E-state index contributed by atoms with van der Waals surface area (Å²) in [6.45, 7) is 9.51. The summed E-state index contributed by atoms with van der Waals surface area (Å²) in [5.41, 5.74) is 1.23. The fourth-order valence-corrected chi connectivity index (χ4v) is 3.98. The minimum atomic E-state index is 0.0165. The average molecular weight is 349 g/mol. The van der Waals surface area contributed by atoms with Crippen LogP contribution in [0.25, 0.3) is 0 Å². The molecule has 2 fully saturated rings. The van der Waals surface area contributed by atoms with Crippen LogP contribution in [0.3, 0.4) is 0 Å². The predicted octanol–water partition coefficient (Wildman–Crippen LogP) is 2.56. The average Bonchev–Trinajstić information content (AvgIpc) is 2.98. The molecule has 25 heavy (non-hydrogen) atoms. The highest BCUT2D eigenvalue weighted by Gasteiger charge is 2.47. The first-order chi connectivity index (χ1) is 12.1. The lowest BCUT2D eigenvalue weighted by Crippen LogP contribution is -2.41. The van der Waals surface area contributed by atoms with Gasteiger partial charge < -0.3 is 19.3 Å². The van der Waals surface area contributed by atoms with E-state index in [1.54, 1.807) is 7.11 Å². The third kappa shape index (κ3) is 4.10. The van der Waals surface area contributed by atoms with Gasteiger partial charge in [-0.1, -0.05) is 19.9 Å². The van der Waals surface area contributed by atoms with Crippen LogP contribution in [0.15, 0.2) is 18.2 Å². The van der Waals surface area contributed by atoms with Crippen LogP contribution in [0.5, 0.6) is 11.5 Å². The molecule has 1 N–H and O–H groups in total. The van der Waals surface area contributed by atoms with Crippen molar-refractivity contribution in [1.82, 2.24) is 4.90 Å². The summed E-state index contributed by atoms with van der Waals surface area (Å²) in [5.74, 6) is 2.50. The summed E-state index contributed by atoms with van der Waals surface area (Å²) in [5, 5.41) is 9.94. The molecule has 0 radical (unpaired) electrons. The van der Waals surface area contributed by atoms with Gasteiger partial charge in [-0.25, -0.2) is 0 Å². The molecule has 0 unspecified atom stereocenters. The number of benzene rings is 1. The van der Waals surface area contributed by atoms with Gasteiger partial charge in [0.05, 0.1) is 26.9 Å². The smallest absolute Gasteiger partial charge is 0.161 e. The molecule has 0 amide bonds. The zero-order chi connectivity index (χ0) is 17.9. The normalized spacial score (nSPS) is 26.7. The molecule has 3 rings (SSSR count). The van der Waals surface area contributed by atoms with E-state index in [-0.39, 0.29) is 12.0 Å². The lowest BCUT2D eigenvalue weighted by atomic mass is 9.75. The van der Waals surface area contributed by atoms with Crippen LogP contribution in [-0.4, -0.2) is 56.6 Å². The van der Waals surface area contributed by atoms with Crippen LogP contribution in [0, 0.1) is 17.3 Å². The van der Waals surface area contributed by atoms with Gasteiger partial charge in [-0.05, 0) is 30.0 Å². The van der Waals surface area contributed by atoms with E-state index in [1.807, 2.05) is 6.07 Å². The molecule has 2 atom stereocenters. The van der Waals surface area contributed by atoms with Gasteiger partial charge in [-0.3, -0.25) is 4.90 Å². The summed E-state index contributed by atoms with van der Waals surface area (Å²) in [6.07, 6.45) is 0.954. The number of ether oxygens (including phenoxy) is 3. The van der Waals surface area contributed by atoms with E-state index in [2.05, 4.69) is 30.9 Å². The topological polar surface area (TPSA) is 51.2 Å². The van der Waals surface area contributed by atoms with E-state index in [0.29, 0.717) is 18.4 Å². The zero-order valence-electron chi connectivity index (χ0n) is 15.7. The highest BCUT2D eigenvalue weighted by molar-refractivity contribution is 5.43. The lowest BCUT2D eigenvalue weighted by molar-refractivity contribution is -0.0417. The molecule has 0 saturated carbocycles. The van der Waals surface area contributed by atoms with Crippen molar-refractivity contribution in [1.29, 1.82) is 0 Å². The molecule has 0 aliphatic carbocycles. The summed E-state index contributed by atoms with van der Waals surface area (Å²) in [6, 6.07) is 6.19. The van der Waals surface area contributed by atoms with Crippen LogP contribution < -0.4 is 9.47 Å². The van der Waals surface area contributed by atoms with E-state index in [1.165, 1.54) is 5.56 Å². The molecule has 2 aliphatic rings. The Labute approximate surface area is 150 Å². The second-order valence-electron chi connectivity index (χ2n) is 7.90.